The molecule has 0 N–H and O–H groups in total. The zero-order chi connectivity index (χ0) is 34.0. The van der Waals surface area contributed by atoms with Crippen LogP contribution in [0.4, 0.5) is 0 Å². The van der Waals surface area contributed by atoms with E-state index in [1.165, 1.54) is 95.2 Å². The summed E-state index contributed by atoms with van der Waals surface area (Å²) in [6.07, 6.45) is 17.0. The molecule has 0 bridgehead atoms. The van der Waals surface area contributed by atoms with E-state index >= 15 is 0 Å². The Balaban J connectivity index is 1.14. The first-order valence-electron chi connectivity index (χ1n) is 18.7. The monoisotopic (exact) mass is 657 g/mol. The van der Waals surface area contributed by atoms with Gasteiger partial charge in [-0.3, -0.25) is 14.5 Å². The smallest absolute Gasteiger partial charge is 0.339 e. The molecule has 2 saturated carbocycles. The lowest BCUT2D eigenvalue weighted by molar-refractivity contribution is -0.139. The average molecular weight is 658 g/mol. The molecular weight excluding hydrogens is 602 g/mol. The average Bonchev–Trinajstić information content (AvgIpc) is 3.31. The summed E-state index contributed by atoms with van der Waals surface area (Å²) in [6.45, 7) is 4.49. The lowest BCUT2D eigenvalue weighted by Gasteiger charge is -2.29. The van der Waals surface area contributed by atoms with E-state index in [1.807, 2.05) is 24.3 Å². The van der Waals surface area contributed by atoms with Crippen LogP contribution in [-0.4, -0.2) is 47.9 Å². The molecule has 2 aromatic rings. The van der Waals surface area contributed by atoms with Crippen LogP contribution in [0.25, 0.3) is 0 Å². The normalized spacial score (nSPS) is 26.0. The van der Waals surface area contributed by atoms with E-state index in [0.29, 0.717) is 11.8 Å². The van der Waals surface area contributed by atoms with Gasteiger partial charge in [-0.25, -0.2) is 9.59 Å². The SMILES string of the molecule is CCCCCC1CCC(c2ccc(C(=O)O[C@H]3C(=O)N(C)C(=O)[C@@H]3OC(=O)c3ccc(C4CCC(CCCCC)CC4)cc3)cc2)CC1. The molecule has 48 heavy (non-hydrogen) atoms. The van der Waals surface area contributed by atoms with Gasteiger partial charge in [-0.05, 0) is 110 Å². The van der Waals surface area contributed by atoms with Gasteiger partial charge in [-0.1, -0.05) is 89.5 Å². The highest BCUT2D eigenvalue weighted by molar-refractivity contribution is 6.10. The van der Waals surface area contributed by atoms with Gasteiger partial charge in [0.15, 0.2) is 0 Å². The van der Waals surface area contributed by atoms with Gasteiger partial charge in [0.1, 0.15) is 0 Å². The molecule has 3 fully saturated rings. The van der Waals surface area contributed by atoms with Gasteiger partial charge in [0, 0.05) is 7.05 Å². The Kier molecular flexibility index (Phi) is 12.9. The number of rotatable bonds is 14. The lowest BCUT2D eigenvalue weighted by Crippen LogP contribution is -2.37. The third-order valence-electron chi connectivity index (χ3n) is 11.3. The number of likely N-dealkylation sites (N-methyl/N-ethyl adjacent to an activating group) is 1. The molecular formula is C41H55NO6. The second kappa shape index (κ2) is 17.3. The van der Waals surface area contributed by atoms with Gasteiger partial charge in [-0.2, -0.15) is 0 Å². The highest BCUT2D eigenvalue weighted by atomic mass is 16.6. The molecule has 3 aliphatic rings. The van der Waals surface area contributed by atoms with E-state index in [1.54, 1.807) is 24.3 Å². The molecule has 1 aliphatic heterocycles. The number of hydrogen-bond donors (Lipinski definition) is 0. The van der Waals surface area contributed by atoms with Crippen molar-refractivity contribution in [3.63, 3.8) is 0 Å². The number of nitrogens with zero attached hydrogens (tertiary/aromatic N) is 1. The summed E-state index contributed by atoms with van der Waals surface area (Å²) in [5.41, 5.74) is 2.99. The summed E-state index contributed by atoms with van der Waals surface area (Å²) >= 11 is 0. The summed E-state index contributed by atoms with van der Waals surface area (Å²) in [4.78, 5) is 53.0. The number of esters is 2. The van der Waals surface area contributed by atoms with Crippen molar-refractivity contribution in [1.29, 1.82) is 0 Å². The number of carbonyl (C=O) groups is 4. The van der Waals surface area contributed by atoms with Crippen molar-refractivity contribution in [3.8, 4) is 0 Å². The maximum absolute atomic E-state index is 13.1. The molecule has 260 valence electrons. The fraction of sp³-hybridized carbons (Fsp3) is 0.610. The highest BCUT2D eigenvalue weighted by Gasteiger charge is 2.51. The van der Waals surface area contributed by atoms with Gasteiger partial charge in [0.25, 0.3) is 11.8 Å². The number of amides is 2. The Morgan fingerprint density at radius 3 is 1.27 bits per heavy atom. The number of imide groups is 1. The summed E-state index contributed by atoms with van der Waals surface area (Å²) in [5.74, 6) is -0.271. The minimum atomic E-state index is -1.53. The van der Waals surface area contributed by atoms with Gasteiger partial charge in [0.05, 0.1) is 11.1 Å². The van der Waals surface area contributed by atoms with Crippen molar-refractivity contribution < 1.29 is 28.7 Å². The van der Waals surface area contributed by atoms with Crippen LogP contribution < -0.4 is 0 Å². The number of unbranched alkanes of at least 4 members (excludes halogenated alkanes) is 4. The van der Waals surface area contributed by atoms with Crippen LogP contribution in [0.15, 0.2) is 48.5 Å². The lowest BCUT2D eigenvalue weighted by atomic mass is 9.77. The summed E-state index contributed by atoms with van der Waals surface area (Å²) in [6, 6.07) is 14.7. The minimum absolute atomic E-state index is 0.289. The Hall–Kier alpha value is -3.48. The minimum Gasteiger partial charge on any atom is -0.444 e. The van der Waals surface area contributed by atoms with Crippen LogP contribution in [0.5, 0.6) is 0 Å². The van der Waals surface area contributed by atoms with E-state index in [-0.39, 0.29) is 11.1 Å². The van der Waals surface area contributed by atoms with Crippen molar-refractivity contribution >= 4 is 23.8 Å². The van der Waals surface area contributed by atoms with E-state index in [9.17, 15) is 19.2 Å². The number of carbonyl (C=O) groups excluding carboxylic acids is 4. The first-order chi connectivity index (χ1) is 23.3. The number of ether oxygens (including phenoxy) is 2. The Bertz CT molecular complexity index is 1260. The third-order valence-corrected chi connectivity index (χ3v) is 11.3. The predicted octanol–water partition coefficient (Wildman–Crippen LogP) is 9.14. The van der Waals surface area contributed by atoms with Gasteiger partial charge in [0.2, 0.25) is 12.2 Å². The molecule has 0 radical (unpaired) electrons. The Morgan fingerprint density at radius 1 is 0.583 bits per heavy atom. The first kappa shape index (κ1) is 35.8. The molecule has 2 aliphatic carbocycles. The molecule has 7 nitrogen and oxygen atoms in total. The topological polar surface area (TPSA) is 90.0 Å². The molecule has 2 amide bonds. The van der Waals surface area contributed by atoms with Crippen molar-refractivity contribution in [1.82, 2.24) is 4.90 Å². The largest absolute Gasteiger partial charge is 0.444 e. The number of likely N-dealkylation sites (tertiary alicyclic amines) is 1. The van der Waals surface area contributed by atoms with Crippen molar-refractivity contribution in [3.05, 3.63) is 70.8 Å². The van der Waals surface area contributed by atoms with Crippen LogP contribution in [0, 0.1) is 11.8 Å². The molecule has 1 heterocycles. The molecule has 2 aromatic carbocycles. The molecule has 1 saturated heterocycles. The Labute approximate surface area is 287 Å². The zero-order valence-electron chi connectivity index (χ0n) is 29.3. The number of hydrogen-bond acceptors (Lipinski definition) is 6. The van der Waals surface area contributed by atoms with E-state index < -0.39 is 36.0 Å². The summed E-state index contributed by atoms with van der Waals surface area (Å²) < 4.78 is 11.1. The highest BCUT2D eigenvalue weighted by Crippen LogP contribution is 2.39. The van der Waals surface area contributed by atoms with E-state index in [4.69, 9.17) is 9.47 Å². The fourth-order valence-electron chi connectivity index (χ4n) is 8.06. The van der Waals surface area contributed by atoms with Crippen LogP contribution >= 0.6 is 0 Å². The second-order valence-electron chi connectivity index (χ2n) is 14.6. The van der Waals surface area contributed by atoms with Crippen molar-refractivity contribution in [2.45, 2.75) is 141 Å². The quantitative estimate of drug-likeness (QED) is 0.114. The molecule has 0 aromatic heterocycles. The Morgan fingerprint density at radius 2 is 0.938 bits per heavy atom. The third kappa shape index (κ3) is 8.95. The molecule has 2 atom stereocenters. The maximum Gasteiger partial charge on any atom is 0.339 e. The fourth-order valence-corrected chi connectivity index (χ4v) is 8.06. The summed E-state index contributed by atoms with van der Waals surface area (Å²) in [5, 5.41) is 0. The second-order valence-corrected chi connectivity index (χ2v) is 14.6. The van der Waals surface area contributed by atoms with Crippen LogP contribution in [0.2, 0.25) is 0 Å². The van der Waals surface area contributed by atoms with E-state index in [0.717, 1.165) is 42.4 Å². The van der Waals surface area contributed by atoms with Gasteiger partial charge >= 0.3 is 11.9 Å². The van der Waals surface area contributed by atoms with Crippen molar-refractivity contribution in [2.24, 2.45) is 11.8 Å². The van der Waals surface area contributed by atoms with Crippen molar-refractivity contribution in [2.75, 3.05) is 7.05 Å². The molecule has 0 spiro atoms. The zero-order valence-corrected chi connectivity index (χ0v) is 29.3. The summed E-state index contributed by atoms with van der Waals surface area (Å²) in [7, 11) is 1.31. The first-order valence-corrected chi connectivity index (χ1v) is 18.7. The number of benzene rings is 2. The molecule has 7 heteroatoms. The maximum atomic E-state index is 13.1. The van der Waals surface area contributed by atoms with Gasteiger partial charge in [-0.15, -0.1) is 0 Å². The van der Waals surface area contributed by atoms with E-state index in [2.05, 4.69) is 13.8 Å². The van der Waals surface area contributed by atoms with Crippen LogP contribution in [0.1, 0.15) is 160 Å². The predicted molar refractivity (Wildman–Crippen MR) is 187 cm³/mol. The van der Waals surface area contributed by atoms with Crippen LogP contribution in [0.3, 0.4) is 0 Å². The molecule has 0 unspecified atom stereocenters. The molecule has 5 rings (SSSR count). The van der Waals surface area contributed by atoms with Gasteiger partial charge < -0.3 is 9.47 Å². The van der Waals surface area contributed by atoms with Crippen LogP contribution in [-0.2, 0) is 19.1 Å². The standard InChI is InChI=1S/C41H55NO6/c1-4-6-8-10-28-12-16-30(17-13-28)32-20-24-34(25-21-32)40(45)47-36-37(39(44)42(3)38(36)43)48-41(46)35-26-22-33(23-27-35)31-18-14-29(15-19-31)11-9-7-5-2/h20-31,36-37H,4-19H2,1-3H3/t28?,29?,30?,31?,36-,37-/m1/s1.